The van der Waals surface area contributed by atoms with Crippen LogP contribution in [0.4, 0.5) is 8.78 Å². The molecule has 0 bridgehead atoms. The Labute approximate surface area is 128 Å². The average molecular weight is 308 g/mol. The first-order chi connectivity index (χ1) is 10.2. The summed E-state index contributed by atoms with van der Waals surface area (Å²) in [4.78, 5) is 4.62. The van der Waals surface area contributed by atoms with Gasteiger partial charge in [-0.3, -0.25) is 4.98 Å². The highest BCUT2D eigenvalue weighted by molar-refractivity contribution is 7.99. The maximum absolute atomic E-state index is 13.9. The molecule has 0 saturated heterocycles. The van der Waals surface area contributed by atoms with Crippen LogP contribution in [0, 0.1) is 11.6 Å². The molecule has 2 rings (SSSR count). The monoisotopic (exact) mass is 308 g/mol. The van der Waals surface area contributed by atoms with Crippen molar-refractivity contribution in [3.8, 4) is 0 Å². The van der Waals surface area contributed by atoms with Crippen molar-refractivity contribution in [3.05, 3.63) is 59.9 Å². The highest BCUT2D eigenvalue weighted by atomic mass is 32.2. The van der Waals surface area contributed by atoms with Gasteiger partial charge in [-0.15, -0.1) is 11.8 Å². The number of aromatic nitrogens is 1. The Balaban J connectivity index is 2.08. The molecular weight excluding hydrogens is 290 g/mol. The highest BCUT2D eigenvalue weighted by Gasteiger charge is 2.15. The van der Waals surface area contributed by atoms with Gasteiger partial charge in [0.2, 0.25) is 0 Å². The van der Waals surface area contributed by atoms with E-state index < -0.39 is 0 Å². The lowest BCUT2D eigenvalue weighted by Gasteiger charge is -2.19. The fraction of sp³-hybridized carbons (Fsp3) is 0.312. The Morgan fingerprint density at radius 2 is 2.14 bits per heavy atom. The van der Waals surface area contributed by atoms with Crippen molar-refractivity contribution in [1.29, 1.82) is 0 Å². The second kappa shape index (κ2) is 8.10. The van der Waals surface area contributed by atoms with Crippen molar-refractivity contribution in [2.24, 2.45) is 0 Å². The van der Waals surface area contributed by atoms with Crippen LogP contribution in [0.25, 0.3) is 0 Å². The standard InChI is InChI=1S/C16H18F2N2S/c1-2-7-20-16(14-6-8-19-10-15(14)18)11-21-13-5-3-4-12(17)9-13/h3-6,8-10,16,20H,2,7,11H2,1H3. The predicted octanol–water partition coefficient (Wildman–Crippen LogP) is 4.19. The third kappa shape index (κ3) is 4.79. The number of halogens is 2. The lowest BCUT2D eigenvalue weighted by Crippen LogP contribution is -2.25. The molecule has 0 aliphatic carbocycles. The van der Waals surface area contributed by atoms with Crippen LogP contribution in [0.3, 0.4) is 0 Å². The summed E-state index contributed by atoms with van der Waals surface area (Å²) < 4.78 is 27.1. The van der Waals surface area contributed by atoms with Gasteiger partial charge in [-0.25, -0.2) is 8.78 Å². The number of hydrogen-bond donors (Lipinski definition) is 1. The molecule has 1 aromatic carbocycles. The number of thioether (sulfide) groups is 1. The first-order valence-electron chi connectivity index (χ1n) is 6.92. The molecule has 0 spiro atoms. The van der Waals surface area contributed by atoms with Crippen molar-refractivity contribution in [1.82, 2.24) is 10.3 Å². The van der Waals surface area contributed by atoms with Crippen molar-refractivity contribution in [2.45, 2.75) is 24.3 Å². The molecule has 0 saturated carbocycles. The minimum absolute atomic E-state index is 0.124. The van der Waals surface area contributed by atoms with Gasteiger partial charge in [0.25, 0.3) is 0 Å². The van der Waals surface area contributed by atoms with E-state index in [0.717, 1.165) is 17.9 Å². The Morgan fingerprint density at radius 3 is 2.86 bits per heavy atom. The number of nitrogens with zero attached hydrogens (tertiary/aromatic N) is 1. The van der Waals surface area contributed by atoms with E-state index in [1.807, 2.05) is 6.07 Å². The highest BCUT2D eigenvalue weighted by Crippen LogP contribution is 2.26. The predicted molar refractivity (Wildman–Crippen MR) is 82.4 cm³/mol. The maximum atomic E-state index is 13.9. The third-order valence-corrected chi connectivity index (χ3v) is 4.12. The minimum atomic E-state index is -0.314. The van der Waals surface area contributed by atoms with Gasteiger partial charge >= 0.3 is 0 Å². The number of hydrogen-bond acceptors (Lipinski definition) is 3. The smallest absolute Gasteiger partial charge is 0.146 e. The molecule has 5 heteroatoms. The Bertz CT molecular complexity index is 578. The lowest BCUT2D eigenvalue weighted by molar-refractivity contribution is 0.529. The van der Waals surface area contributed by atoms with Gasteiger partial charge in [0.15, 0.2) is 0 Å². The molecule has 1 atom stereocenters. The summed E-state index contributed by atoms with van der Waals surface area (Å²) in [6.45, 7) is 2.86. The molecular formula is C16H18F2N2S. The molecule has 2 aromatic rings. The van der Waals surface area contributed by atoms with Gasteiger partial charge in [-0.05, 0) is 37.2 Å². The van der Waals surface area contributed by atoms with E-state index >= 15 is 0 Å². The molecule has 1 N–H and O–H groups in total. The summed E-state index contributed by atoms with van der Waals surface area (Å²) in [6.07, 6.45) is 3.78. The van der Waals surface area contributed by atoms with E-state index in [2.05, 4.69) is 17.2 Å². The van der Waals surface area contributed by atoms with E-state index in [9.17, 15) is 8.78 Å². The maximum Gasteiger partial charge on any atom is 0.146 e. The largest absolute Gasteiger partial charge is 0.309 e. The van der Waals surface area contributed by atoms with E-state index in [1.165, 1.54) is 30.1 Å². The number of nitrogens with one attached hydrogen (secondary N) is 1. The average Bonchev–Trinajstić information content (AvgIpc) is 2.48. The van der Waals surface area contributed by atoms with E-state index in [1.54, 1.807) is 18.3 Å². The van der Waals surface area contributed by atoms with Crippen LogP contribution in [0.5, 0.6) is 0 Å². The van der Waals surface area contributed by atoms with Crippen LogP contribution in [0.2, 0.25) is 0 Å². The minimum Gasteiger partial charge on any atom is -0.309 e. The Morgan fingerprint density at radius 1 is 1.29 bits per heavy atom. The Hall–Kier alpha value is -1.46. The van der Waals surface area contributed by atoms with Gasteiger partial charge in [-0.1, -0.05) is 13.0 Å². The van der Waals surface area contributed by atoms with Crippen molar-refractivity contribution >= 4 is 11.8 Å². The molecule has 1 heterocycles. The summed E-state index contributed by atoms with van der Waals surface area (Å²) in [5.74, 6) is 0.0591. The van der Waals surface area contributed by atoms with Crippen molar-refractivity contribution in [3.63, 3.8) is 0 Å². The third-order valence-electron chi connectivity index (χ3n) is 3.03. The molecule has 1 aromatic heterocycles. The fourth-order valence-electron chi connectivity index (χ4n) is 1.98. The molecule has 21 heavy (non-hydrogen) atoms. The van der Waals surface area contributed by atoms with Crippen LogP contribution in [0.15, 0.2) is 47.6 Å². The zero-order valence-corrected chi connectivity index (χ0v) is 12.7. The molecule has 112 valence electrons. The second-order valence-corrected chi connectivity index (χ2v) is 5.77. The topological polar surface area (TPSA) is 24.9 Å². The molecule has 0 radical (unpaired) electrons. The van der Waals surface area contributed by atoms with Crippen molar-refractivity contribution < 1.29 is 8.78 Å². The van der Waals surface area contributed by atoms with Gasteiger partial charge in [-0.2, -0.15) is 0 Å². The zero-order chi connectivity index (χ0) is 15.1. The van der Waals surface area contributed by atoms with Gasteiger partial charge in [0.1, 0.15) is 11.6 Å². The number of benzene rings is 1. The Kier molecular flexibility index (Phi) is 6.14. The van der Waals surface area contributed by atoms with Gasteiger partial charge in [0, 0.05) is 28.5 Å². The quantitative estimate of drug-likeness (QED) is 0.776. The second-order valence-electron chi connectivity index (χ2n) is 4.67. The summed E-state index contributed by atoms with van der Waals surface area (Å²) in [5.41, 5.74) is 0.599. The van der Waals surface area contributed by atoms with Gasteiger partial charge < -0.3 is 5.32 Å². The molecule has 0 aliphatic heterocycles. The van der Waals surface area contributed by atoms with Crippen LogP contribution >= 0.6 is 11.8 Å². The first kappa shape index (κ1) is 15.9. The summed E-state index contributed by atoms with van der Waals surface area (Å²) in [6, 6.07) is 8.01. The van der Waals surface area contributed by atoms with E-state index in [-0.39, 0.29) is 17.7 Å². The zero-order valence-electron chi connectivity index (χ0n) is 11.9. The van der Waals surface area contributed by atoms with Crippen LogP contribution in [-0.4, -0.2) is 17.3 Å². The van der Waals surface area contributed by atoms with Crippen molar-refractivity contribution in [2.75, 3.05) is 12.3 Å². The van der Waals surface area contributed by atoms with Crippen LogP contribution in [0.1, 0.15) is 24.9 Å². The fourth-order valence-corrected chi connectivity index (χ4v) is 3.01. The molecule has 0 fully saturated rings. The number of pyridine rings is 1. The SMILES string of the molecule is CCCNC(CSc1cccc(F)c1)c1ccncc1F. The molecule has 1 unspecified atom stereocenters. The van der Waals surface area contributed by atoms with E-state index in [0.29, 0.717) is 11.3 Å². The normalized spacial score (nSPS) is 12.3. The summed E-state index contributed by atoms with van der Waals surface area (Å²) in [7, 11) is 0. The molecule has 2 nitrogen and oxygen atoms in total. The molecule has 0 amide bonds. The first-order valence-corrected chi connectivity index (χ1v) is 7.90. The van der Waals surface area contributed by atoms with Crippen LogP contribution in [-0.2, 0) is 0 Å². The lowest BCUT2D eigenvalue weighted by atomic mass is 10.1. The van der Waals surface area contributed by atoms with Crippen LogP contribution < -0.4 is 5.32 Å². The van der Waals surface area contributed by atoms with E-state index in [4.69, 9.17) is 0 Å². The molecule has 0 aliphatic rings. The summed E-state index contributed by atoms with van der Waals surface area (Å²) >= 11 is 1.51. The summed E-state index contributed by atoms with van der Waals surface area (Å²) in [5, 5.41) is 3.33. The number of rotatable bonds is 7. The van der Waals surface area contributed by atoms with Gasteiger partial charge in [0.05, 0.1) is 6.20 Å².